The minimum atomic E-state index is -5.04. The van der Waals surface area contributed by atoms with Crippen molar-refractivity contribution in [3.63, 3.8) is 0 Å². The number of alkyl halides is 6. The molecule has 4 nitrogen and oxygen atoms in total. The van der Waals surface area contributed by atoms with Crippen LogP contribution in [0.15, 0.2) is 18.2 Å². The fraction of sp³-hybridized carbons (Fsp3) is 0.619. The Morgan fingerprint density at radius 1 is 0.968 bits per heavy atom. The zero-order chi connectivity index (χ0) is 23.4. The summed E-state index contributed by atoms with van der Waals surface area (Å²) in [5, 5.41) is 0. The van der Waals surface area contributed by atoms with Crippen LogP contribution in [0.1, 0.15) is 67.4 Å². The van der Waals surface area contributed by atoms with Crippen LogP contribution in [0.25, 0.3) is 0 Å². The smallest absolute Gasteiger partial charge is 0.343 e. The third-order valence-electron chi connectivity index (χ3n) is 5.49. The number of nitrogens with zero attached hydrogens (tertiary/aromatic N) is 2. The Labute approximate surface area is 177 Å². The van der Waals surface area contributed by atoms with Gasteiger partial charge in [-0.1, -0.05) is 6.92 Å². The minimum absolute atomic E-state index is 0.00967. The maximum atomic E-state index is 13.1. The van der Waals surface area contributed by atoms with E-state index in [1.165, 1.54) is 4.90 Å². The van der Waals surface area contributed by atoms with Crippen LogP contribution in [0.2, 0.25) is 0 Å². The zero-order valence-electron chi connectivity index (χ0n) is 17.4. The molecule has 1 aromatic rings. The fourth-order valence-electron chi connectivity index (χ4n) is 3.50. The van der Waals surface area contributed by atoms with Gasteiger partial charge in [-0.05, 0) is 50.8 Å². The minimum Gasteiger partial charge on any atom is -0.343 e. The van der Waals surface area contributed by atoms with Crippen LogP contribution in [0, 0.1) is 0 Å². The second-order valence-electron chi connectivity index (χ2n) is 7.74. The van der Waals surface area contributed by atoms with Gasteiger partial charge in [0.1, 0.15) is 0 Å². The van der Waals surface area contributed by atoms with Crippen LogP contribution >= 0.6 is 0 Å². The first-order valence-corrected chi connectivity index (χ1v) is 10.2. The van der Waals surface area contributed by atoms with E-state index >= 15 is 0 Å². The first-order chi connectivity index (χ1) is 14.3. The van der Waals surface area contributed by atoms with Crippen LogP contribution in [-0.2, 0) is 17.1 Å². The molecule has 0 radical (unpaired) electrons. The normalized spacial score (nSPS) is 16.2. The molecule has 1 aromatic carbocycles. The van der Waals surface area contributed by atoms with Gasteiger partial charge >= 0.3 is 12.4 Å². The van der Waals surface area contributed by atoms with Crippen LogP contribution in [0.4, 0.5) is 26.3 Å². The van der Waals surface area contributed by atoms with Gasteiger partial charge < -0.3 is 9.80 Å². The standard InChI is InChI=1S/C21H26F6N2O2/c1-3-14(2)29(10-7-18(30)28-8-5-4-6-9-28)19(31)15-11-16(20(22,23)24)13-17(12-15)21(25,26)27/h11-14H,3-10H2,1-2H3. The van der Waals surface area contributed by atoms with Crippen molar-refractivity contribution in [2.75, 3.05) is 19.6 Å². The molecule has 1 atom stereocenters. The van der Waals surface area contributed by atoms with Gasteiger partial charge in [0.2, 0.25) is 5.91 Å². The topological polar surface area (TPSA) is 40.6 Å². The number of amides is 2. The number of benzene rings is 1. The number of rotatable bonds is 6. The molecule has 0 aromatic heterocycles. The number of carbonyl (C=O) groups is 2. The summed E-state index contributed by atoms with van der Waals surface area (Å²) in [4.78, 5) is 28.2. The Balaban J connectivity index is 2.30. The van der Waals surface area contributed by atoms with Gasteiger partial charge in [0.05, 0.1) is 11.1 Å². The maximum absolute atomic E-state index is 13.1. The van der Waals surface area contributed by atoms with E-state index < -0.39 is 41.0 Å². The van der Waals surface area contributed by atoms with Gasteiger partial charge in [-0.25, -0.2) is 0 Å². The largest absolute Gasteiger partial charge is 0.416 e. The van der Waals surface area contributed by atoms with Gasteiger partial charge in [-0.2, -0.15) is 26.3 Å². The fourth-order valence-corrected chi connectivity index (χ4v) is 3.50. The SMILES string of the molecule is CCC(C)N(CCC(=O)N1CCCCC1)C(=O)c1cc(C(F)(F)F)cc(C(F)(F)F)c1. The zero-order valence-corrected chi connectivity index (χ0v) is 17.4. The number of likely N-dealkylation sites (tertiary alicyclic amines) is 1. The molecule has 2 amide bonds. The molecule has 174 valence electrons. The summed E-state index contributed by atoms with van der Waals surface area (Å²) in [6, 6.07) is 0.383. The van der Waals surface area contributed by atoms with E-state index in [0.717, 1.165) is 19.3 Å². The molecule has 1 heterocycles. The van der Waals surface area contributed by atoms with E-state index in [-0.39, 0.29) is 24.9 Å². The van der Waals surface area contributed by atoms with Crippen molar-refractivity contribution in [1.29, 1.82) is 0 Å². The van der Waals surface area contributed by atoms with Crippen molar-refractivity contribution >= 4 is 11.8 Å². The lowest BCUT2D eigenvalue weighted by Gasteiger charge is -2.31. The quantitative estimate of drug-likeness (QED) is 0.545. The predicted octanol–water partition coefficient (Wildman–Crippen LogP) is 5.37. The molecular formula is C21H26F6N2O2. The molecule has 0 bridgehead atoms. The molecule has 1 aliphatic rings. The van der Waals surface area contributed by atoms with Gasteiger partial charge in [0.25, 0.3) is 5.91 Å². The lowest BCUT2D eigenvalue weighted by atomic mass is 10.0. The summed E-state index contributed by atoms with van der Waals surface area (Å²) in [7, 11) is 0. The molecule has 0 aliphatic carbocycles. The van der Waals surface area contributed by atoms with Crippen molar-refractivity contribution in [1.82, 2.24) is 9.80 Å². The molecule has 1 unspecified atom stereocenters. The third-order valence-corrected chi connectivity index (χ3v) is 5.49. The number of halogens is 6. The summed E-state index contributed by atoms with van der Waals surface area (Å²) < 4.78 is 78.9. The molecule has 1 aliphatic heterocycles. The molecule has 10 heteroatoms. The highest BCUT2D eigenvalue weighted by Crippen LogP contribution is 2.36. The monoisotopic (exact) mass is 452 g/mol. The summed E-state index contributed by atoms with van der Waals surface area (Å²) >= 11 is 0. The van der Waals surface area contributed by atoms with Crippen molar-refractivity contribution in [3.8, 4) is 0 Å². The van der Waals surface area contributed by atoms with E-state index in [2.05, 4.69) is 0 Å². The van der Waals surface area contributed by atoms with E-state index in [1.54, 1.807) is 18.7 Å². The molecule has 0 N–H and O–H groups in total. The van der Waals surface area contributed by atoms with Crippen molar-refractivity contribution in [2.45, 2.75) is 64.3 Å². The Bertz CT molecular complexity index is 753. The van der Waals surface area contributed by atoms with Crippen LogP contribution in [0.5, 0.6) is 0 Å². The molecule has 1 fully saturated rings. The first-order valence-electron chi connectivity index (χ1n) is 10.2. The highest BCUT2D eigenvalue weighted by molar-refractivity contribution is 5.95. The maximum Gasteiger partial charge on any atom is 0.416 e. The van der Waals surface area contributed by atoms with Crippen LogP contribution in [0.3, 0.4) is 0 Å². The number of hydrogen-bond donors (Lipinski definition) is 0. The Kier molecular flexibility index (Phi) is 7.99. The van der Waals surface area contributed by atoms with E-state index in [4.69, 9.17) is 0 Å². The average Bonchev–Trinajstić information content (AvgIpc) is 2.72. The van der Waals surface area contributed by atoms with Crippen LogP contribution in [-0.4, -0.2) is 47.3 Å². The molecule has 0 saturated carbocycles. The lowest BCUT2D eigenvalue weighted by molar-refractivity contribution is -0.143. The highest BCUT2D eigenvalue weighted by Gasteiger charge is 2.38. The molecule has 1 saturated heterocycles. The van der Waals surface area contributed by atoms with Gasteiger partial charge in [-0.3, -0.25) is 9.59 Å². The summed E-state index contributed by atoms with van der Waals surface area (Å²) in [6.07, 6.45) is -6.91. The van der Waals surface area contributed by atoms with Crippen molar-refractivity contribution in [2.24, 2.45) is 0 Å². The Morgan fingerprint density at radius 2 is 1.48 bits per heavy atom. The Morgan fingerprint density at radius 3 is 1.94 bits per heavy atom. The summed E-state index contributed by atoms with van der Waals surface area (Å²) in [5.41, 5.74) is -3.79. The number of carbonyl (C=O) groups excluding carboxylic acids is 2. The Hall–Kier alpha value is -2.26. The van der Waals surface area contributed by atoms with Crippen molar-refractivity contribution in [3.05, 3.63) is 34.9 Å². The predicted molar refractivity (Wildman–Crippen MR) is 102 cm³/mol. The highest BCUT2D eigenvalue weighted by atomic mass is 19.4. The first kappa shape index (κ1) is 25.0. The van der Waals surface area contributed by atoms with Gasteiger partial charge in [0.15, 0.2) is 0 Å². The second-order valence-corrected chi connectivity index (χ2v) is 7.74. The van der Waals surface area contributed by atoms with E-state index in [1.807, 2.05) is 0 Å². The molecular weight excluding hydrogens is 426 g/mol. The second kappa shape index (κ2) is 9.91. The molecule has 0 spiro atoms. The van der Waals surface area contributed by atoms with Crippen molar-refractivity contribution < 1.29 is 35.9 Å². The lowest BCUT2D eigenvalue weighted by Crippen LogP contribution is -2.42. The summed E-state index contributed by atoms with van der Waals surface area (Å²) in [5.74, 6) is -1.14. The average molecular weight is 452 g/mol. The van der Waals surface area contributed by atoms with Crippen LogP contribution < -0.4 is 0 Å². The third kappa shape index (κ3) is 6.61. The van der Waals surface area contributed by atoms with E-state index in [9.17, 15) is 35.9 Å². The molecule has 31 heavy (non-hydrogen) atoms. The summed E-state index contributed by atoms with van der Waals surface area (Å²) in [6.45, 7) is 4.52. The van der Waals surface area contributed by atoms with Gasteiger partial charge in [0, 0.05) is 37.7 Å². The van der Waals surface area contributed by atoms with Gasteiger partial charge in [-0.15, -0.1) is 0 Å². The number of piperidine rings is 1. The van der Waals surface area contributed by atoms with E-state index in [0.29, 0.717) is 31.6 Å². The number of hydrogen-bond acceptors (Lipinski definition) is 2. The molecule has 2 rings (SSSR count).